The summed E-state index contributed by atoms with van der Waals surface area (Å²) in [6.45, 7) is -0.0867. The molecule has 0 radical (unpaired) electrons. The van der Waals surface area contributed by atoms with Crippen LogP contribution in [0.5, 0.6) is 0 Å². The Hall–Kier alpha value is -1.84. The predicted octanol–water partition coefficient (Wildman–Crippen LogP) is -0.812. The van der Waals surface area contributed by atoms with E-state index in [-0.39, 0.29) is 18.3 Å². The normalized spacial score (nSPS) is 23.5. The lowest BCUT2D eigenvalue weighted by atomic mass is 10.2. The van der Waals surface area contributed by atoms with Gasteiger partial charge in [-0.3, -0.25) is 14.3 Å². The first-order chi connectivity index (χ1) is 8.15. The SMILES string of the molecule is C#Cc1cn([C@H]2CC[C@H](CO)O2)c(=O)[nH]c1=O. The second-order valence-electron chi connectivity index (χ2n) is 3.83. The molecule has 1 aliphatic heterocycles. The molecule has 0 saturated carbocycles. The summed E-state index contributed by atoms with van der Waals surface area (Å²) >= 11 is 0. The van der Waals surface area contributed by atoms with Gasteiger partial charge in [0.15, 0.2) is 0 Å². The van der Waals surface area contributed by atoms with Crippen LogP contribution in [0.2, 0.25) is 0 Å². The van der Waals surface area contributed by atoms with Crippen molar-refractivity contribution in [2.24, 2.45) is 0 Å². The summed E-state index contributed by atoms with van der Waals surface area (Å²) in [4.78, 5) is 25.0. The van der Waals surface area contributed by atoms with Crippen molar-refractivity contribution in [3.05, 3.63) is 32.6 Å². The maximum Gasteiger partial charge on any atom is 0.330 e. The molecule has 17 heavy (non-hydrogen) atoms. The smallest absolute Gasteiger partial charge is 0.330 e. The number of nitrogens with one attached hydrogen (secondary N) is 1. The van der Waals surface area contributed by atoms with Gasteiger partial charge in [-0.15, -0.1) is 6.42 Å². The summed E-state index contributed by atoms with van der Waals surface area (Å²) in [6, 6.07) is 0. The molecule has 2 N–H and O–H groups in total. The number of aromatic nitrogens is 2. The van der Waals surface area contributed by atoms with Gasteiger partial charge in [-0.25, -0.2) is 4.79 Å². The maximum absolute atomic E-state index is 11.6. The van der Waals surface area contributed by atoms with E-state index in [0.29, 0.717) is 12.8 Å². The van der Waals surface area contributed by atoms with Crippen LogP contribution < -0.4 is 11.2 Å². The van der Waals surface area contributed by atoms with Crippen molar-refractivity contribution < 1.29 is 9.84 Å². The molecular formula is C11H12N2O4. The van der Waals surface area contributed by atoms with E-state index >= 15 is 0 Å². The number of aliphatic hydroxyl groups is 1. The lowest BCUT2D eigenvalue weighted by Crippen LogP contribution is -2.33. The summed E-state index contributed by atoms with van der Waals surface area (Å²) in [7, 11) is 0. The van der Waals surface area contributed by atoms with E-state index in [1.807, 2.05) is 0 Å². The zero-order valence-electron chi connectivity index (χ0n) is 9.05. The monoisotopic (exact) mass is 236 g/mol. The van der Waals surface area contributed by atoms with E-state index < -0.39 is 17.5 Å². The minimum Gasteiger partial charge on any atom is -0.394 e. The molecule has 1 saturated heterocycles. The van der Waals surface area contributed by atoms with E-state index in [0.717, 1.165) is 0 Å². The van der Waals surface area contributed by atoms with Crippen LogP contribution in [0.3, 0.4) is 0 Å². The van der Waals surface area contributed by atoms with Gasteiger partial charge in [0.2, 0.25) is 0 Å². The highest BCUT2D eigenvalue weighted by atomic mass is 16.5. The van der Waals surface area contributed by atoms with Crippen LogP contribution >= 0.6 is 0 Å². The molecule has 2 rings (SSSR count). The predicted molar refractivity (Wildman–Crippen MR) is 59.5 cm³/mol. The van der Waals surface area contributed by atoms with Crippen LogP contribution in [0.1, 0.15) is 24.6 Å². The molecule has 2 heterocycles. The van der Waals surface area contributed by atoms with Crippen molar-refractivity contribution in [2.45, 2.75) is 25.2 Å². The van der Waals surface area contributed by atoms with Crippen LogP contribution in [0.25, 0.3) is 0 Å². The fraction of sp³-hybridized carbons (Fsp3) is 0.455. The third-order valence-electron chi connectivity index (χ3n) is 2.72. The van der Waals surface area contributed by atoms with Gasteiger partial charge < -0.3 is 9.84 Å². The van der Waals surface area contributed by atoms with Crippen molar-refractivity contribution in [1.82, 2.24) is 9.55 Å². The Labute approximate surface area is 96.9 Å². The van der Waals surface area contributed by atoms with Crippen molar-refractivity contribution in [3.63, 3.8) is 0 Å². The molecule has 90 valence electrons. The fourth-order valence-corrected chi connectivity index (χ4v) is 1.83. The number of hydrogen-bond acceptors (Lipinski definition) is 4. The molecule has 1 aromatic heterocycles. The standard InChI is InChI=1S/C11H12N2O4/c1-2-7-5-13(11(16)12-10(7)15)9-4-3-8(6-14)17-9/h1,5,8-9,14H,3-4,6H2,(H,12,15,16)/t8-,9-/m1/s1. The van der Waals surface area contributed by atoms with Crippen LogP contribution in [-0.2, 0) is 4.74 Å². The van der Waals surface area contributed by atoms with E-state index in [9.17, 15) is 9.59 Å². The Bertz CT molecular complexity index is 566. The zero-order valence-corrected chi connectivity index (χ0v) is 9.05. The summed E-state index contributed by atoms with van der Waals surface area (Å²) in [5.41, 5.74) is -1.05. The lowest BCUT2D eigenvalue weighted by Gasteiger charge is -2.14. The molecule has 0 amide bonds. The van der Waals surface area contributed by atoms with E-state index in [1.165, 1.54) is 10.8 Å². The molecule has 0 aliphatic carbocycles. The Morgan fingerprint density at radius 2 is 2.35 bits per heavy atom. The number of hydrogen-bond donors (Lipinski definition) is 2. The number of aromatic amines is 1. The van der Waals surface area contributed by atoms with Gasteiger partial charge in [0.05, 0.1) is 12.7 Å². The average molecular weight is 236 g/mol. The maximum atomic E-state index is 11.6. The second-order valence-corrected chi connectivity index (χ2v) is 3.83. The van der Waals surface area contributed by atoms with Crippen LogP contribution in [0.4, 0.5) is 0 Å². The van der Waals surface area contributed by atoms with Crippen molar-refractivity contribution in [3.8, 4) is 12.3 Å². The number of rotatable bonds is 2. The van der Waals surface area contributed by atoms with Crippen molar-refractivity contribution in [2.75, 3.05) is 6.61 Å². The molecule has 6 heteroatoms. The Morgan fingerprint density at radius 1 is 1.59 bits per heavy atom. The molecule has 0 unspecified atom stereocenters. The summed E-state index contributed by atoms with van der Waals surface area (Å²) in [5.74, 6) is 2.20. The van der Waals surface area contributed by atoms with Crippen LogP contribution in [0, 0.1) is 12.3 Å². The molecule has 1 aromatic rings. The van der Waals surface area contributed by atoms with E-state index in [2.05, 4.69) is 10.9 Å². The Kier molecular flexibility index (Phi) is 3.13. The summed E-state index contributed by atoms with van der Waals surface area (Å²) in [5, 5.41) is 8.94. The highest BCUT2D eigenvalue weighted by molar-refractivity contribution is 5.26. The molecule has 1 aliphatic rings. The van der Waals surface area contributed by atoms with Gasteiger partial charge in [0, 0.05) is 6.20 Å². The molecule has 2 atom stereocenters. The van der Waals surface area contributed by atoms with E-state index in [1.54, 1.807) is 0 Å². The Morgan fingerprint density at radius 3 is 2.94 bits per heavy atom. The molecule has 0 bridgehead atoms. The van der Waals surface area contributed by atoms with Crippen LogP contribution in [-0.4, -0.2) is 27.4 Å². The number of terminal acetylenes is 1. The third-order valence-corrected chi connectivity index (χ3v) is 2.72. The number of ether oxygens (including phenoxy) is 1. The first kappa shape index (κ1) is 11.6. The molecule has 1 fully saturated rings. The minimum atomic E-state index is -0.578. The summed E-state index contributed by atoms with van der Waals surface area (Å²) in [6.07, 6.45) is 6.98. The zero-order chi connectivity index (χ0) is 12.4. The number of aliphatic hydroxyl groups excluding tert-OH is 1. The van der Waals surface area contributed by atoms with E-state index in [4.69, 9.17) is 16.3 Å². The van der Waals surface area contributed by atoms with Crippen LogP contribution in [0.15, 0.2) is 15.8 Å². The molecular weight excluding hydrogens is 224 g/mol. The minimum absolute atomic E-state index is 0.0839. The van der Waals surface area contributed by atoms with Gasteiger partial charge in [-0.2, -0.15) is 0 Å². The highest BCUT2D eigenvalue weighted by Gasteiger charge is 2.26. The van der Waals surface area contributed by atoms with Gasteiger partial charge in [0.1, 0.15) is 11.8 Å². The third kappa shape index (κ3) is 2.16. The second kappa shape index (κ2) is 4.57. The van der Waals surface area contributed by atoms with Gasteiger partial charge >= 0.3 is 5.69 Å². The number of H-pyrrole nitrogens is 1. The summed E-state index contributed by atoms with van der Waals surface area (Å²) < 4.78 is 6.70. The average Bonchev–Trinajstić information content (AvgIpc) is 2.78. The Balaban J connectivity index is 2.37. The van der Waals surface area contributed by atoms with Gasteiger partial charge in [0.25, 0.3) is 5.56 Å². The molecule has 6 nitrogen and oxygen atoms in total. The molecule has 0 aromatic carbocycles. The van der Waals surface area contributed by atoms with Gasteiger partial charge in [-0.05, 0) is 12.8 Å². The van der Waals surface area contributed by atoms with Gasteiger partial charge in [-0.1, -0.05) is 5.92 Å². The first-order valence-electron chi connectivity index (χ1n) is 5.24. The quantitative estimate of drug-likeness (QED) is 0.658. The first-order valence-corrected chi connectivity index (χ1v) is 5.24. The largest absolute Gasteiger partial charge is 0.394 e. The van der Waals surface area contributed by atoms with Crippen molar-refractivity contribution >= 4 is 0 Å². The topological polar surface area (TPSA) is 84.3 Å². The molecule has 0 spiro atoms. The fourth-order valence-electron chi connectivity index (χ4n) is 1.83. The lowest BCUT2D eigenvalue weighted by molar-refractivity contribution is -0.0246. The highest BCUT2D eigenvalue weighted by Crippen LogP contribution is 2.26. The van der Waals surface area contributed by atoms with Crippen molar-refractivity contribution in [1.29, 1.82) is 0 Å². The number of nitrogens with zero attached hydrogens (tertiary/aromatic N) is 1.